The lowest BCUT2D eigenvalue weighted by atomic mass is 10.3. The van der Waals surface area contributed by atoms with Crippen LogP contribution in [-0.4, -0.2) is 11.6 Å². The molecule has 3 nitrogen and oxygen atoms in total. The first-order chi connectivity index (χ1) is 8.25. The van der Waals surface area contributed by atoms with E-state index in [1.54, 1.807) is 24.4 Å². The molecule has 2 rings (SSSR count). The average Bonchev–Trinajstić information content (AvgIpc) is 2.80. The number of hydrogen-bond donors (Lipinski definition) is 1. The van der Waals surface area contributed by atoms with Crippen LogP contribution in [0, 0.1) is 0 Å². The van der Waals surface area contributed by atoms with Crippen molar-refractivity contribution in [1.29, 1.82) is 0 Å². The van der Waals surface area contributed by atoms with Gasteiger partial charge in [-0.15, -0.1) is 11.3 Å². The predicted octanol–water partition coefficient (Wildman–Crippen LogP) is 3.36. The van der Waals surface area contributed by atoms with Crippen LogP contribution in [0.15, 0.2) is 35.8 Å². The van der Waals surface area contributed by atoms with Crippen LogP contribution in [0.5, 0.6) is 5.75 Å². The fourth-order valence-electron chi connectivity index (χ4n) is 1.32. The highest BCUT2D eigenvalue weighted by molar-refractivity contribution is 7.09. The van der Waals surface area contributed by atoms with Gasteiger partial charge >= 0.3 is 6.61 Å². The molecule has 0 aliphatic heterocycles. The lowest BCUT2D eigenvalue weighted by Gasteiger charge is -2.11. The highest BCUT2D eigenvalue weighted by Crippen LogP contribution is 2.26. The molecule has 0 atom stereocenters. The molecule has 0 spiro atoms. The largest absolute Gasteiger partial charge is 0.433 e. The normalized spacial score (nSPS) is 10.5. The third-order valence-corrected chi connectivity index (χ3v) is 2.80. The molecule has 1 heterocycles. The standard InChI is InChI=1S/C11H10F2N2OS/c12-11(13)16-9-4-2-1-3-8(9)15-7-10-14-5-6-17-10/h1-6,11,15H,7H2. The van der Waals surface area contributed by atoms with Gasteiger partial charge in [0, 0.05) is 11.6 Å². The molecule has 0 bridgehead atoms. The number of nitrogens with zero attached hydrogens (tertiary/aromatic N) is 1. The summed E-state index contributed by atoms with van der Waals surface area (Å²) in [5.74, 6) is 0.138. The minimum atomic E-state index is -2.82. The maximum atomic E-state index is 12.2. The monoisotopic (exact) mass is 256 g/mol. The molecule has 17 heavy (non-hydrogen) atoms. The van der Waals surface area contributed by atoms with Crippen molar-refractivity contribution in [3.05, 3.63) is 40.8 Å². The number of halogens is 2. The van der Waals surface area contributed by atoms with E-state index in [1.807, 2.05) is 5.38 Å². The molecule has 1 aromatic heterocycles. The molecule has 0 amide bonds. The second-order valence-corrected chi connectivity index (χ2v) is 4.13. The van der Waals surface area contributed by atoms with Crippen molar-refractivity contribution in [3.8, 4) is 5.75 Å². The zero-order valence-corrected chi connectivity index (χ0v) is 9.58. The van der Waals surface area contributed by atoms with Crippen molar-refractivity contribution in [2.75, 3.05) is 5.32 Å². The van der Waals surface area contributed by atoms with Gasteiger partial charge in [0.1, 0.15) is 10.8 Å². The van der Waals surface area contributed by atoms with Crippen LogP contribution in [0.1, 0.15) is 5.01 Å². The highest BCUT2D eigenvalue weighted by Gasteiger charge is 2.08. The zero-order chi connectivity index (χ0) is 12.1. The topological polar surface area (TPSA) is 34.1 Å². The fourth-order valence-corrected chi connectivity index (χ4v) is 1.88. The lowest BCUT2D eigenvalue weighted by molar-refractivity contribution is -0.0493. The Morgan fingerprint density at radius 3 is 2.88 bits per heavy atom. The SMILES string of the molecule is FC(F)Oc1ccccc1NCc1nccs1. The maximum absolute atomic E-state index is 12.2. The van der Waals surface area contributed by atoms with E-state index < -0.39 is 6.61 Å². The van der Waals surface area contributed by atoms with Crippen LogP contribution < -0.4 is 10.1 Å². The van der Waals surface area contributed by atoms with Crippen molar-refractivity contribution in [2.45, 2.75) is 13.2 Å². The van der Waals surface area contributed by atoms with Crippen molar-refractivity contribution in [3.63, 3.8) is 0 Å². The first-order valence-electron chi connectivity index (χ1n) is 4.92. The Hall–Kier alpha value is -1.69. The number of para-hydroxylation sites is 2. The third kappa shape index (κ3) is 3.39. The van der Waals surface area contributed by atoms with Gasteiger partial charge in [0.15, 0.2) is 0 Å². The lowest BCUT2D eigenvalue weighted by Crippen LogP contribution is -2.06. The second kappa shape index (κ2) is 5.58. The molecule has 1 aromatic carbocycles. The molecule has 0 unspecified atom stereocenters. The van der Waals surface area contributed by atoms with Crippen molar-refractivity contribution in [1.82, 2.24) is 4.98 Å². The van der Waals surface area contributed by atoms with Crippen molar-refractivity contribution >= 4 is 17.0 Å². The zero-order valence-electron chi connectivity index (χ0n) is 8.77. The fraction of sp³-hybridized carbons (Fsp3) is 0.182. The van der Waals surface area contributed by atoms with E-state index in [0.29, 0.717) is 12.2 Å². The van der Waals surface area contributed by atoms with Gasteiger partial charge in [-0.3, -0.25) is 0 Å². The van der Waals surface area contributed by atoms with Crippen LogP contribution in [-0.2, 0) is 6.54 Å². The van der Waals surface area contributed by atoms with Gasteiger partial charge in [0.2, 0.25) is 0 Å². The Morgan fingerprint density at radius 1 is 1.35 bits per heavy atom. The summed E-state index contributed by atoms with van der Waals surface area (Å²) in [6.07, 6.45) is 1.70. The number of thiazole rings is 1. The molecule has 0 aliphatic rings. The van der Waals surface area contributed by atoms with E-state index >= 15 is 0 Å². The third-order valence-electron chi connectivity index (χ3n) is 2.02. The Kier molecular flexibility index (Phi) is 3.87. The molecule has 1 N–H and O–H groups in total. The number of aromatic nitrogens is 1. The number of nitrogens with one attached hydrogen (secondary N) is 1. The van der Waals surface area contributed by atoms with Gasteiger partial charge in [0.25, 0.3) is 0 Å². The summed E-state index contributed by atoms with van der Waals surface area (Å²) < 4.78 is 28.7. The smallest absolute Gasteiger partial charge is 0.387 e. The minimum Gasteiger partial charge on any atom is -0.433 e. The summed E-state index contributed by atoms with van der Waals surface area (Å²) in [4.78, 5) is 4.09. The van der Waals surface area contributed by atoms with Gasteiger partial charge in [-0.2, -0.15) is 8.78 Å². The van der Waals surface area contributed by atoms with E-state index in [2.05, 4.69) is 15.0 Å². The number of anilines is 1. The van der Waals surface area contributed by atoms with E-state index in [-0.39, 0.29) is 5.75 Å². The van der Waals surface area contributed by atoms with Gasteiger partial charge < -0.3 is 10.1 Å². The number of benzene rings is 1. The quantitative estimate of drug-likeness (QED) is 0.890. The molecular weight excluding hydrogens is 246 g/mol. The van der Waals surface area contributed by atoms with Crippen LogP contribution in [0.4, 0.5) is 14.5 Å². The molecule has 0 radical (unpaired) electrons. The average molecular weight is 256 g/mol. The highest BCUT2D eigenvalue weighted by atomic mass is 32.1. The van der Waals surface area contributed by atoms with Crippen LogP contribution in [0.3, 0.4) is 0 Å². The van der Waals surface area contributed by atoms with E-state index in [1.165, 1.54) is 17.4 Å². The van der Waals surface area contributed by atoms with Gasteiger partial charge in [-0.05, 0) is 12.1 Å². The van der Waals surface area contributed by atoms with Crippen LogP contribution in [0.25, 0.3) is 0 Å². The summed E-state index contributed by atoms with van der Waals surface area (Å²) in [5, 5.41) is 5.76. The maximum Gasteiger partial charge on any atom is 0.387 e. The first kappa shape index (κ1) is 11.8. The molecule has 2 aromatic rings. The molecule has 6 heteroatoms. The summed E-state index contributed by atoms with van der Waals surface area (Å²) in [5.41, 5.74) is 0.531. The summed E-state index contributed by atoms with van der Waals surface area (Å²) in [6.45, 7) is -2.33. The number of alkyl halides is 2. The molecule has 90 valence electrons. The van der Waals surface area contributed by atoms with Gasteiger partial charge in [-0.1, -0.05) is 12.1 Å². The van der Waals surface area contributed by atoms with E-state index in [9.17, 15) is 8.78 Å². The molecule has 0 fully saturated rings. The Labute approximate surface area is 101 Å². The molecular formula is C11H10F2N2OS. The minimum absolute atomic E-state index is 0.138. The van der Waals surface area contributed by atoms with Gasteiger partial charge in [-0.25, -0.2) is 4.98 Å². The second-order valence-electron chi connectivity index (χ2n) is 3.15. The van der Waals surface area contributed by atoms with E-state index in [0.717, 1.165) is 5.01 Å². The Morgan fingerprint density at radius 2 is 2.18 bits per heavy atom. The number of ether oxygens (including phenoxy) is 1. The first-order valence-corrected chi connectivity index (χ1v) is 5.80. The summed E-state index contributed by atoms with van der Waals surface area (Å²) in [7, 11) is 0. The predicted molar refractivity (Wildman–Crippen MR) is 62.5 cm³/mol. The van der Waals surface area contributed by atoms with Gasteiger partial charge in [0.05, 0.1) is 12.2 Å². The summed E-state index contributed by atoms with van der Waals surface area (Å²) >= 11 is 1.50. The van der Waals surface area contributed by atoms with Crippen LogP contribution >= 0.6 is 11.3 Å². The number of rotatable bonds is 5. The van der Waals surface area contributed by atoms with E-state index in [4.69, 9.17) is 0 Å². The Balaban J connectivity index is 2.04. The molecule has 0 saturated carbocycles. The number of hydrogen-bond acceptors (Lipinski definition) is 4. The van der Waals surface area contributed by atoms with Crippen molar-refractivity contribution < 1.29 is 13.5 Å². The molecule has 0 aliphatic carbocycles. The summed E-state index contributed by atoms with van der Waals surface area (Å²) in [6, 6.07) is 6.58. The molecule has 0 saturated heterocycles. The van der Waals surface area contributed by atoms with Crippen LogP contribution in [0.2, 0.25) is 0 Å². The van der Waals surface area contributed by atoms with Crippen molar-refractivity contribution in [2.24, 2.45) is 0 Å². The Bertz CT molecular complexity index is 462.